The molecule has 1 N–H and O–H groups in total. The predicted octanol–water partition coefficient (Wildman–Crippen LogP) is 2.55. The maximum atomic E-state index is 12.7. The standard InChI is InChI=1S/C18H16F3N3O5S2/c1-24(11-22)17(26)12(23-16(25)14-6-4-9-30-14)8-10-31(27,28)15-7-3-2-5-13(15)29-18(19,20)21/h2-7,9,12H,8,10H2,1H3,(H,23,25)/t12-/m0/s1. The van der Waals surface area contributed by atoms with Crippen LogP contribution in [0.2, 0.25) is 0 Å². The molecule has 0 bridgehead atoms. The molecule has 1 atom stereocenters. The highest BCUT2D eigenvalue weighted by Crippen LogP contribution is 2.30. The van der Waals surface area contributed by atoms with Crippen molar-refractivity contribution in [1.82, 2.24) is 10.2 Å². The van der Waals surface area contributed by atoms with Crippen LogP contribution in [0.25, 0.3) is 0 Å². The largest absolute Gasteiger partial charge is 0.573 e. The zero-order valence-electron chi connectivity index (χ0n) is 15.9. The normalized spacial score (nSPS) is 12.5. The molecule has 0 saturated heterocycles. The molecule has 0 fully saturated rings. The number of hydrogen-bond acceptors (Lipinski definition) is 7. The molecule has 2 rings (SSSR count). The smallest absolute Gasteiger partial charge is 0.404 e. The van der Waals surface area contributed by atoms with Crippen molar-refractivity contribution >= 4 is 33.0 Å². The Labute approximate surface area is 179 Å². The highest BCUT2D eigenvalue weighted by molar-refractivity contribution is 7.91. The molecule has 0 unspecified atom stereocenters. The third kappa shape index (κ3) is 6.69. The number of halogens is 3. The molecule has 0 aliphatic heterocycles. The van der Waals surface area contributed by atoms with Gasteiger partial charge >= 0.3 is 6.36 Å². The minimum Gasteiger partial charge on any atom is -0.404 e. The number of alkyl halides is 3. The summed E-state index contributed by atoms with van der Waals surface area (Å²) in [6.45, 7) is 0. The molecule has 31 heavy (non-hydrogen) atoms. The summed E-state index contributed by atoms with van der Waals surface area (Å²) in [5, 5.41) is 12.9. The van der Waals surface area contributed by atoms with Crippen molar-refractivity contribution in [3.05, 3.63) is 46.7 Å². The van der Waals surface area contributed by atoms with Gasteiger partial charge in [-0.05, 0) is 30.0 Å². The van der Waals surface area contributed by atoms with E-state index in [0.29, 0.717) is 4.90 Å². The van der Waals surface area contributed by atoms with Gasteiger partial charge in [-0.15, -0.1) is 24.5 Å². The Morgan fingerprint density at radius 3 is 2.52 bits per heavy atom. The Hall–Kier alpha value is -3.11. The molecule has 2 amide bonds. The van der Waals surface area contributed by atoms with Gasteiger partial charge in [-0.25, -0.2) is 8.42 Å². The lowest BCUT2D eigenvalue weighted by Crippen LogP contribution is -2.46. The Kier molecular flexibility index (Phi) is 7.64. The molecule has 0 radical (unpaired) electrons. The van der Waals surface area contributed by atoms with E-state index >= 15 is 0 Å². The molecule has 13 heteroatoms. The maximum absolute atomic E-state index is 12.7. The van der Waals surface area contributed by atoms with Crippen LogP contribution in [0, 0.1) is 11.5 Å². The van der Waals surface area contributed by atoms with Crippen LogP contribution in [0.1, 0.15) is 16.1 Å². The summed E-state index contributed by atoms with van der Waals surface area (Å²) in [6, 6.07) is 5.88. The summed E-state index contributed by atoms with van der Waals surface area (Å²) in [5.41, 5.74) is 0. The van der Waals surface area contributed by atoms with Crippen LogP contribution in [0.5, 0.6) is 5.75 Å². The third-order valence-corrected chi connectivity index (χ3v) is 6.56. The van der Waals surface area contributed by atoms with Crippen molar-refractivity contribution in [1.29, 1.82) is 5.26 Å². The molecule has 8 nitrogen and oxygen atoms in total. The number of amides is 2. The topological polar surface area (TPSA) is 117 Å². The van der Waals surface area contributed by atoms with Gasteiger partial charge in [0, 0.05) is 7.05 Å². The average molecular weight is 475 g/mol. The van der Waals surface area contributed by atoms with Gasteiger partial charge in [-0.1, -0.05) is 18.2 Å². The van der Waals surface area contributed by atoms with E-state index in [9.17, 15) is 31.2 Å². The molecule has 0 spiro atoms. The van der Waals surface area contributed by atoms with Crippen molar-refractivity contribution in [2.75, 3.05) is 12.8 Å². The van der Waals surface area contributed by atoms with Gasteiger partial charge < -0.3 is 10.1 Å². The second-order valence-corrected chi connectivity index (χ2v) is 9.13. The Balaban J connectivity index is 2.25. The van der Waals surface area contributed by atoms with Crippen molar-refractivity contribution < 1.29 is 35.9 Å². The summed E-state index contributed by atoms with van der Waals surface area (Å²) in [4.78, 5) is 24.9. The number of thiophene rings is 1. The number of para-hydroxylation sites is 1. The van der Waals surface area contributed by atoms with Gasteiger partial charge in [0.05, 0.1) is 10.6 Å². The number of likely N-dealkylation sites (N-methyl/N-ethyl adjacent to an activating group) is 1. The number of hydrogen-bond donors (Lipinski definition) is 1. The van der Waals surface area contributed by atoms with E-state index < -0.39 is 56.9 Å². The molecular formula is C18H16F3N3O5S2. The number of sulfone groups is 1. The number of nitrogens with one attached hydrogen (secondary N) is 1. The average Bonchev–Trinajstić information content (AvgIpc) is 3.24. The van der Waals surface area contributed by atoms with Gasteiger partial charge in [0.1, 0.15) is 16.7 Å². The van der Waals surface area contributed by atoms with Gasteiger partial charge in [0.15, 0.2) is 16.0 Å². The number of carbonyl (C=O) groups is 2. The van der Waals surface area contributed by atoms with E-state index in [1.165, 1.54) is 18.2 Å². The van der Waals surface area contributed by atoms with Gasteiger partial charge in [0.2, 0.25) is 0 Å². The molecule has 0 aliphatic rings. The molecule has 166 valence electrons. The second-order valence-electron chi connectivity index (χ2n) is 6.10. The van der Waals surface area contributed by atoms with E-state index in [4.69, 9.17) is 5.26 Å². The van der Waals surface area contributed by atoms with Gasteiger partial charge in [0.25, 0.3) is 11.8 Å². The first-order valence-corrected chi connectivity index (χ1v) is 11.1. The van der Waals surface area contributed by atoms with Crippen molar-refractivity contribution in [3.63, 3.8) is 0 Å². The highest BCUT2D eigenvalue weighted by Gasteiger charge is 2.34. The van der Waals surface area contributed by atoms with Crippen LogP contribution in [0.4, 0.5) is 13.2 Å². The predicted molar refractivity (Wildman–Crippen MR) is 104 cm³/mol. The van der Waals surface area contributed by atoms with Crippen molar-refractivity contribution in [2.24, 2.45) is 0 Å². The third-order valence-electron chi connectivity index (χ3n) is 3.91. The number of carbonyl (C=O) groups excluding carboxylic acids is 2. The first-order valence-electron chi connectivity index (χ1n) is 8.54. The monoisotopic (exact) mass is 475 g/mol. The zero-order valence-corrected chi connectivity index (χ0v) is 17.6. The van der Waals surface area contributed by atoms with Crippen molar-refractivity contribution in [2.45, 2.75) is 23.7 Å². The second kappa shape index (κ2) is 9.80. The first-order chi connectivity index (χ1) is 14.4. The van der Waals surface area contributed by atoms with E-state index in [0.717, 1.165) is 30.5 Å². The SMILES string of the molecule is CN(C#N)C(=O)[C@H](CCS(=O)(=O)c1ccccc1OC(F)(F)F)NC(=O)c1cccs1. The molecule has 1 heterocycles. The number of nitriles is 1. The maximum Gasteiger partial charge on any atom is 0.573 e. The summed E-state index contributed by atoms with van der Waals surface area (Å²) < 4.78 is 66.9. The minimum absolute atomic E-state index is 0.254. The summed E-state index contributed by atoms with van der Waals surface area (Å²) in [7, 11) is -3.21. The Morgan fingerprint density at radius 2 is 1.94 bits per heavy atom. The summed E-state index contributed by atoms with van der Waals surface area (Å²) in [6.07, 6.45) is -4.03. The fourth-order valence-electron chi connectivity index (χ4n) is 2.48. The van der Waals surface area contributed by atoms with Gasteiger partial charge in [-0.3, -0.25) is 14.5 Å². The van der Waals surface area contributed by atoms with Crippen LogP contribution in [0.15, 0.2) is 46.7 Å². The van der Waals surface area contributed by atoms with Gasteiger partial charge in [-0.2, -0.15) is 5.26 Å². The quantitative estimate of drug-likeness (QED) is 0.463. The summed E-state index contributed by atoms with van der Waals surface area (Å²) in [5.74, 6) is -3.22. The molecule has 1 aromatic carbocycles. The lowest BCUT2D eigenvalue weighted by Gasteiger charge is -2.20. The van der Waals surface area contributed by atoms with Crippen molar-refractivity contribution in [3.8, 4) is 11.9 Å². The van der Waals surface area contributed by atoms with Crippen LogP contribution in [-0.4, -0.2) is 50.3 Å². The minimum atomic E-state index is -5.10. The lowest BCUT2D eigenvalue weighted by molar-refractivity contribution is -0.275. The summed E-state index contributed by atoms with van der Waals surface area (Å²) >= 11 is 1.08. The van der Waals surface area contributed by atoms with Crippen LogP contribution < -0.4 is 10.1 Å². The first kappa shape index (κ1) is 24.2. The van der Waals surface area contributed by atoms with E-state index in [-0.39, 0.29) is 4.88 Å². The molecule has 1 aromatic heterocycles. The fourth-order valence-corrected chi connectivity index (χ4v) is 4.57. The highest BCUT2D eigenvalue weighted by atomic mass is 32.2. The zero-order chi connectivity index (χ0) is 23.2. The molecule has 0 saturated carbocycles. The van der Waals surface area contributed by atoms with Crippen LogP contribution in [-0.2, 0) is 14.6 Å². The lowest BCUT2D eigenvalue weighted by atomic mass is 10.2. The Morgan fingerprint density at radius 1 is 1.26 bits per heavy atom. The van der Waals surface area contributed by atoms with Crippen LogP contribution in [0.3, 0.4) is 0 Å². The Bertz CT molecular complexity index is 1080. The number of ether oxygens (including phenoxy) is 1. The van der Waals surface area contributed by atoms with Crippen LogP contribution >= 0.6 is 11.3 Å². The number of benzene rings is 1. The fraction of sp³-hybridized carbons (Fsp3) is 0.278. The molecular weight excluding hydrogens is 459 g/mol. The number of nitrogens with zero attached hydrogens (tertiary/aromatic N) is 2. The van der Waals surface area contributed by atoms with E-state index in [1.54, 1.807) is 17.6 Å². The molecule has 2 aromatic rings. The van der Waals surface area contributed by atoms with E-state index in [1.807, 2.05) is 0 Å². The molecule has 0 aliphatic carbocycles. The van der Waals surface area contributed by atoms with E-state index in [2.05, 4.69) is 10.1 Å². The number of rotatable bonds is 8.